The minimum absolute atomic E-state index is 0.0514. The minimum Gasteiger partial charge on any atom is -0.495 e. The van der Waals surface area contributed by atoms with Gasteiger partial charge >= 0.3 is 0 Å². The summed E-state index contributed by atoms with van der Waals surface area (Å²) in [4.78, 5) is 12.8. The van der Waals surface area contributed by atoms with Crippen molar-refractivity contribution in [3.63, 3.8) is 0 Å². The number of amides is 1. The van der Waals surface area contributed by atoms with Crippen molar-refractivity contribution in [1.82, 2.24) is 4.72 Å². The molecule has 1 heterocycles. The number of ether oxygens (including phenoxy) is 3. The van der Waals surface area contributed by atoms with Crippen LogP contribution in [-0.4, -0.2) is 33.3 Å². The molecule has 2 saturated carbocycles. The molecule has 2 aromatic rings. The van der Waals surface area contributed by atoms with Gasteiger partial charge in [0.15, 0.2) is 11.5 Å². The first kappa shape index (κ1) is 21.1. The van der Waals surface area contributed by atoms with Crippen LogP contribution < -0.4 is 24.2 Å². The van der Waals surface area contributed by atoms with Crippen LogP contribution in [0.4, 0.5) is 5.69 Å². The van der Waals surface area contributed by atoms with E-state index in [2.05, 4.69) is 10.0 Å². The Hall–Kier alpha value is -2.78. The van der Waals surface area contributed by atoms with Gasteiger partial charge in [-0.3, -0.25) is 4.79 Å². The van der Waals surface area contributed by atoms with Gasteiger partial charge in [-0.25, -0.2) is 13.1 Å². The SMILES string of the molecule is COc1ccc(C(=O)Nc2ccc3c(c2)OC2(CCCCC2)O3)cc1S(=O)(=O)NC1CC1. The number of fused-ring (bicyclic) bond motifs is 1. The van der Waals surface area contributed by atoms with Crippen LogP contribution in [0.25, 0.3) is 0 Å². The fourth-order valence-electron chi connectivity index (χ4n) is 4.18. The molecule has 1 amide bonds. The molecule has 0 radical (unpaired) electrons. The van der Waals surface area contributed by atoms with E-state index in [9.17, 15) is 13.2 Å². The van der Waals surface area contributed by atoms with Crippen LogP contribution in [0.5, 0.6) is 17.2 Å². The van der Waals surface area contributed by atoms with Crippen LogP contribution in [0.15, 0.2) is 41.3 Å². The second kappa shape index (κ2) is 7.97. The van der Waals surface area contributed by atoms with Crippen molar-refractivity contribution in [2.75, 3.05) is 12.4 Å². The molecule has 2 aliphatic carbocycles. The van der Waals surface area contributed by atoms with Gasteiger partial charge in [0.05, 0.1) is 7.11 Å². The normalized spacial score (nSPS) is 19.0. The molecule has 2 fully saturated rings. The summed E-state index contributed by atoms with van der Waals surface area (Å²) in [5, 5.41) is 2.82. The predicted octanol–water partition coefficient (Wildman–Crippen LogP) is 3.82. The van der Waals surface area contributed by atoms with Crippen molar-refractivity contribution in [3.05, 3.63) is 42.0 Å². The largest absolute Gasteiger partial charge is 0.495 e. The molecule has 32 heavy (non-hydrogen) atoms. The number of benzene rings is 2. The molecular formula is C23H26N2O6S. The van der Waals surface area contributed by atoms with Gasteiger partial charge in [-0.15, -0.1) is 0 Å². The first-order chi connectivity index (χ1) is 15.4. The Labute approximate surface area is 187 Å². The topological polar surface area (TPSA) is 103 Å². The Balaban J connectivity index is 1.35. The summed E-state index contributed by atoms with van der Waals surface area (Å²) in [6.45, 7) is 0. The lowest BCUT2D eigenvalue weighted by Gasteiger charge is -2.31. The minimum atomic E-state index is -3.78. The van der Waals surface area contributed by atoms with Gasteiger partial charge < -0.3 is 19.5 Å². The van der Waals surface area contributed by atoms with E-state index in [0.29, 0.717) is 17.2 Å². The highest BCUT2D eigenvalue weighted by atomic mass is 32.2. The fraction of sp³-hybridized carbons (Fsp3) is 0.435. The van der Waals surface area contributed by atoms with Crippen molar-refractivity contribution < 1.29 is 27.4 Å². The maximum Gasteiger partial charge on any atom is 0.255 e. The summed E-state index contributed by atoms with van der Waals surface area (Å²) in [5.74, 6) is 0.458. The summed E-state index contributed by atoms with van der Waals surface area (Å²) in [7, 11) is -2.38. The average molecular weight is 459 g/mol. The van der Waals surface area contributed by atoms with E-state index in [1.165, 1.54) is 31.7 Å². The zero-order valence-electron chi connectivity index (χ0n) is 17.8. The van der Waals surface area contributed by atoms with E-state index in [-0.39, 0.29) is 22.3 Å². The molecule has 0 atom stereocenters. The zero-order chi connectivity index (χ0) is 22.3. The molecule has 2 N–H and O–H groups in total. The second-order valence-electron chi connectivity index (χ2n) is 8.55. The molecule has 0 unspecified atom stereocenters. The number of hydrogen-bond acceptors (Lipinski definition) is 6. The van der Waals surface area contributed by atoms with Crippen molar-refractivity contribution in [2.45, 2.75) is 61.7 Å². The summed E-state index contributed by atoms with van der Waals surface area (Å²) >= 11 is 0. The Morgan fingerprint density at radius 2 is 1.78 bits per heavy atom. The summed E-state index contributed by atoms with van der Waals surface area (Å²) < 4.78 is 45.5. The Kier molecular flexibility index (Phi) is 5.25. The lowest BCUT2D eigenvalue weighted by Crippen LogP contribution is -2.40. The number of rotatable bonds is 6. The number of sulfonamides is 1. The van der Waals surface area contributed by atoms with E-state index >= 15 is 0 Å². The molecule has 9 heteroatoms. The number of carbonyl (C=O) groups is 1. The van der Waals surface area contributed by atoms with Gasteiger partial charge in [0.25, 0.3) is 11.7 Å². The number of carbonyl (C=O) groups excluding carboxylic acids is 1. The van der Waals surface area contributed by atoms with Gasteiger partial charge in [-0.1, -0.05) is 6.42 Å². The molecule has 170 valence electrons. The first-order valence-electron chi connectivity index (χ1n) is 10.9. The van der Waals surface area contributed by atoms with Gasteiger partial charge in [-0.05, 0) is 56.0 Å². The highest BCUT2D eigenvalue weighted by Crippen LogP contribution is 2.46. The van der Waals surface area contributed by atoms with Crippen LogP contribution >= 0.6 is 0 Å². The standard InChI is InChI=1S/C23H26N2O6S/c1-29-19-9-5-15(13-21(19)32(27,28)25-16-6-7-16)22(26)24-17-8-10-18-20(14-17)31-23(30-18)11-3-2-4-12-23/h5,8-10,13-14,16,25H,2-4,6-7,11-12H2,1H3,(H,24,26). The zero-order valence-corrected chi connectivity index (χ0v) is 18.7. The van der Waals surface area contributed by atoms with Gasteiger partial charge in [0, 0.05) is 36.2 Å². The van der Waals surface area contributed by atoms with Crippen LogP contribution in [0, 0.1) is 0 Å². The van der Waals surface area contributed by atoms with Gasteiger partial charge in [0.1, 0.15) is 10.6 Å². The number of anilines is 1. The maximum absolute atomic E-state index is 12.9. The molecule has 1 spiro atoms. The molecule has 0 saturated heterocycles. The third-order valence-corrected chi connectivity index (χ3v) is 7.57. The molecule has 2 aromatic carbocycles. The maximum atomic E-state index is 12.9. The first-order valence-corrected chi connectivity index (χ1v) is 12.4. The van der Waals surface area contributed by atoms with Crippen LogP contribution in [0.2, 0.25) is 0 Å². The van der Waals surface area contributed by atoms with Crippen LogP contribution in [0.1, 0.15) is 55.3 Å². The van der Waals surface area contributed by atoms with E-state index in [4.69, 9.17) is 14.2 Å². The van der Waals surface area contributed by atoms with Gasteiger partial charge in [-0.2, -0.15) is 0 Å². The van der Waals surface area contributed by atoms with Crippen molar-refractivity contribution >= 4 is 21.6 Å². The van der Waals surface area contributed by atoms with E-state index in [1.54, 1.807) is 18.2 Å². The van der Waals surface area contributed by atoms with E-state index < -0.39 is 21.7 Å². The fourth-order valence-corrected chi connectivity index (χ4v) is 5.68. The van der Waals surface area contributed by atoms with Crippen molar-refractivity contribution in [2.24, 2.45) is 0 Å². The molecular weight excluding hydrogens is 432 g/mol. The highest BCUT2D eigenvalue weighted by Gasteiger charge is 2.42. The van der Waals surface area contributed by atoms with Crippen molar-refractivity contribution in [3.8, 4) is 17.2 Å². The highest BCUT2D eigenvalue weighted by molar-refractivity contribution is 7.89. The lowest BCUT2D eigenvalue weighted by molar-refractivity contribution is -0.105. The quantitative estimate of drug-likeness (QED) is 0.682. The summed E-state index contributed by atoms with van der Waals surface area (Å²) in [5.41, 5.74) is 0.755. The summed E-state index contributed by atoms with van der Waals surface area (Å²) in [6, 6.07) is 9.59. The smallest absolute Gasteiger partial charge is 0.255 e. The molecule has 3 aliphatic rings. The Bertz CT molecular complexity index is 1150. The Morgan fingerprint density at radius 1 is 1.03 bits per heavy atom. The second-order valence-corrected chi connectivity index (χ2v) is 10.2. The number of methoxy groups -OCH3 is 1. The molecule has 0 aromatic heterocycles. The number of hydrogen-bond donors (Lipinski definition) is 2. The molecule has 0 bridgehead atoms. The molecule has 1 aliphatic heterocycles. The van der Waals surface area contributed by atoms with Crippen LogP contribution in [-0.2, 0) is 10.0 Å². The van der Waals surface area contributed by atoms with Gasteiger partial charge in [0.2, 0.25) is 10.0 Å². The average Bonchev–Trinajstić information content (AvgIpc) is 3.52. The number of nitrogens with one attached hydrogen (secondary N) is 2. The third kappa shape index (κ3) is 4.14. The third-order valence-electron chi connectivity index (χ3n) is 6.02. The van der Waals surface area contributed by atoms with Crippen LogP contribution in [0.3, 0.4) is 0 Å². The summed E-state index contributed by atoms with van der Waals surface area (Å²) in [6.07, 6.45) is 6.64. The monoisotopic (exact) mass is 458 g/mol. The predicted molar refractivity (Wildman–Crippen MR) is 118 cm³/mol. The molecule has 8 nitrogen and oxygen atoms in total. The lowest BCUT2D eigenvalue weighted by atomic mass is 9.94. The van der Waals surface area contributed by atoms with Crippen molar-refractivity contribution in [1.29, 1.82) is 0 Å². The van der Waals surface area contributed by atoms with E-state index in [0.717, 1.165) is 38.5 Å². The Morgan fingerprint density at radius 3 is 2.50 bits per heavy atom. The molecule has 5 rings (SSSR count). The van der Waals surface area contributed by atoms with E-state index in [1.807, 2.05) is 0 Å².